The molecule has 198 valence electrons. The molecule has 5 rings (SSSR count). The van der Waals surface area contributed by atoms with E-state index in [0.717, 1.165) is 44.9 Å². The molecule has 5 aliphatic rings. The Morgan fingerprint density at radius 3 is 2.26 bits per heavy atom. The molecule has 0 aromatic heterocycles. The first-order valence-corrected chi connectivity index (χ1v) is 14.1. The van der Waals surface area contributed by atoms with Crippen molar-refractivity contribution in [2.45, 2.75) is 135 Å². The van der Waals surface area contributed by atoms with Crippen LogP contribution in [0.3, 0.4) is 0 Å². The summed E-state index contributed by atoms with van der Waals surface area (Å²) in [5, 5.41) is 21.8. The van der Waals surface area contributed by atoms with Crippen molar-refractivity contribution in [2.24, 2.45) is 34.5 Å². The van der Waals surface area contributed by atoms with E-state index in [0.29, 0.717) is 24.7 Å². The van der Waals surface area contributed by atoms with Gasteiger partial charge in [-0.1, -0.05) is 19.4 Å². The Balaban J connectivity index is 1.38. The van der Waals surface area contributed by atoms with Crippen molar-refractivity contribution < 1.29 is 24.5 Å². The highest BCUT2D eigenvalue weighted by Gasteiger charge is 2.63. The van der Waals surface area contributed by atoms with E-state index >= 15 is 0 Å². The molecule has 2 N–H and O–H groups in total. The van der Waals surface area contributed by atoms with Crippen LogP contribution in [0.5, 0.6) is 0 Å². The SMILES string of the molecule is CC(C)(O)CCC[C@](C)(O)C1CCC2C3=CC(=O)C4C[C@H]5OC(C)(C)O[C@H]5CC4(C)C3CCC21C. The Bertz CT molecular complexity index is 897. The van der Waals surface area contributed by atoms with Gasteiger partial charge in [-0.05, 0) is 127 Å². The van der Waals surface area contributed by atoms with Crippen molar-refractivity contribution >= 4 is 5.78 Å². The lowest BCUT2D eigenvalue weighted by Gasteiger charge is -2.58. The minimum absolute atomic E-state index is 0.0101. The van der Waals surface area contributed by atoms with E-state index < -0.39 is 17.0 Å². The molecule has 9 atom stereocenters. The lowest BCUT2D eigenvalue weighted by molar-refractivity contribution is -0.146. The maximum absolute atomic E-state index is 13.6. The average molecular weight is 489 g/mol. The topological polar surface area (TPSA) is 76.0 Å². The molecule has 1 heterocycles. The van der Waals surface area contributed by atoms with Crippen molar-refractivity contribution in [3.05, 3.63) is 11.6 Å². The lowest BCUT2D eigenvalue weighted by Crippen LogP contribution is -2.56. The van der Waals surface area contributed by atoms with E-state index in [1.165, 1.54) is 5.57 Å². The molecule has 0 aromatic carbocycles. The van der Waals surface area contributed by atoms with Gasteiger partial charge in [0, 0.05) is 5.92 Å². The first kappa shape index (κ1) is 25.9. The summed E-state index contributed by atoms with van der Waals surface area (Å²) in [6.45, 7) is 14.4. The van der Waals surface area contributed by atoms with Gasteiger partial charge in [0.15, 0.2) is 11.6 Å². The summed E-state index contributed by atoms with van der Waals surface area (Å²) in [6, 6.07) is 0. The van der Waals surface area contributed by atoms with Crippen molar-refractivity contribution in [1.82, 2.24) is 0 Å². The van der Waals surface area contributed by atoms with Gasteiger partial charge in [0.05, 0.1) is 23.4 Å². The zero-order valence-corrected chi connectivity index (χ0v) is 23.0. The fraction of sp³-hybridized carbons (Fsp3) is 0.900. The summed E-state index contributed by atoms with van der Waals surface area (Å²) < 4.78 is 12.5. The van der Waals surface area contributed by atoms with E-state index in [-0.39, 0.29) is 40.7 Å². The Labute approximate surface area is 212 Å². The quantitative estimate of drug-likeness (QED) is 0.529. The lowest BCUT2D eigenvalue weighted by atomic mass is 9.47. The molecule has 0 bridgehead atoms. The Hall–Kier alpha value is -0.750. The minimum Gasteiger partial charge on any atom is -0.390 e. The fourth-order valence-electron chi connectivity index (χ4n) is 9.43. The Morgan fingerprint density at radius 1 is 0.914 bits per heavy atom. The van der Waals surface area contributed by atoms with E-state index in [4.69, 9.17) is 9.47 Å². The van der Waals surface area contributed by atoms with E-state index in [9.17, 15) is 15.0 Å². The first-order chi connectivity index (χ1) is 16.1. The van der Waals surface area contributed by atoms with Gasteiger partial charge in [-0.3, -0.25) is 4.79 Å². The molecule has 1 saturated heterocycles. The van der Waals surface area contributed by atoms with Gasteiger partial charge in [0.1, 0.15) is 0 Å². The number of hydrogen-bond donors (Lipinski definition) is 2. The molecule has 4 aliphatic carbocycles. The minimum atomic E-state index is -0.758. The molecule has 5 nitrogen and oxygen atoms in total. The molecule has 0 amide bonds. The van der Waals surface area contributed by atoms with E-state index in [2.05, 4.69) is 13.8 Å². The number of carbonyl (C=O) groups is 1. The van der Waals surface area contributed by atoms with Gasteiger partial charge in [-0.2, -0.15) is 0 Å². The van der Waals surface area contributed by atoms with Crippen molar-refractivity contribution in [3.8, 4) is 0 Å². The maximum Gasteiger partial charge on any atom is 0.163 e. The summed E-state index contributed by atoms with van der Waals surface area (Å²) in [7, 11) is 0. The van der Waals surface area contributed by atoms with Crippen LogP contribution in [-0.4, -0.2) is 45.2 Å². The monoisotopic (exact) mass is 488 g/mol. The third-order valence-electron chi connectivity index (χ3n) is 11.0. The molecule has 0 aromatic rings. The Kier molecular flexibility index (Phi) is 6.01. The molecule has 4 fully saturated rings. The molecule has 5 heteroatoms. The molecule has 3 saturated carbocycles. The van der Waals surface area contributed by atoms with Crippen LogP contribution >= 0.6 is 0 Å². The number of carbonyl (C=O) groups excluding carboxylic acids is 1. The summed E-state index contributed by atoms with van der Waals surface area (Å²) in [5.41, 5.74) is -0.158. The molecule has 1 aliphatic heterocycles. The number of ketones is 1. The van der Waals surface area contributed by atoms with Crippen molar-refractivity contribution in [1.29, 1.82) is 0 Å². The zero-order chi connectivity index (χ0) is 25.6. The predicted molar refractivity (Wildman–Crippen MR) is 136 cm³/mol. The summed E-state index contributed by atoms with van der Waals surface area (Å²) in [5.74, 6) is 0.724. The van der Waals surface area contributed by atoms with Crippen LogP contribution in [0.4, 0.5) is 0 Å². The van der Waals surface area contributed by atoms with Gasteiger partial charge in [-0.25, -0.2) is 0 Å². The zero-order valence-electron chi connectivity index (χ0n) is 23.0. The van der Waals surface area contributed by atoms with Gasteiger partial charge in [0.25, 0.3) is 0 Å². The van der Waals surface area contributed by atoms with Crippen LogP contribution in [0.15, 0.2) is 11.6 Å². The molecule has 6 unspecified atom stereocenters. The van der Waals surface area contributed by atoms with Gasteiger partial charge >= 0.3 is 0 Å². The number of fused-ring (bicyclic) bond motifs is 6. The highest BCUT2D eigenvalue weighted by Crippen LogP contribution is 2.67. The summed E-state index contributed by atoms with van der Waals surface area (Å²) in [4.78, 5) is 13.6. The summed E-state index contributed by atoms with van der Waals surface area (Å²) in [6.07, 6.45) is 10.2. The van der Waals surface area contributed by atoms with Crippen LogP contribution in [-0.2, 0) is 14.3 Å². The molecule has 0 spiro atoms. The predicted octanol–water partition coefficient (Wildman–Crippen LogP) is 5.57. The first-order valence-electron chi connectivity index (χ1n) is 14.1. The molecule has 35 heavy (non-hydrogen) atoms. The van der Waals surface area contributed by atoms with Crippen LogP contribution < -0.4 is 0 Å². The average Bonchev–Trinajstić information content (AvgIpc) is 3.20. The largest absolute Gasteiger partial charge is 0.390 e. The molecular formula is C30H48O5. The Morgan fingerprint density at radius 2 is 1.57 bits per heavy atom. The molecular weight excluding hydrogens is 440 g/mol. The number of ether oxygens (including phenoxy) is 2. The molecule has 0 radical (unpaired) electrons. The third-order valence-corrected chi connectivity index (χ3v) is 11.0. The van der Waals surface area contributed by atoms with Gasteiger partial charge in [0.2, 0.25) is 0 Å². The van der Waals surface area contributed by atoms with E-state index in [1.807, 2.05) is 40.7 Å². The van der Waals surface area contributed by atoms with Crippen LogP contribution in [0.2, 0.25) is 0 Å². The van der Waals surface area contributed by atoms with Crippen LogP contribution in [0.25, 0.3) is 0 Å². The van der Waals surface area contributed by atoms with Gasteiger partial charge in [-0.15, -0.1) is 0 Å². The number of aliphatic hydroxyl groups is 2. The maximum atomic E-state index is 13.6. The second kappa shape index (κ2) is 8.12. The van der Waals surface area contributed by atoms with Crippen molar-refractivity contribution in [2.75, 3.05) is 0 Å². The highest BCUT2D eigenvalue weighted by atomic mass is 16.7. The van der Waals surface area contributed by atoms with Crippen molar-refractivity contribution in [3.63, 3.8) is 0 Å². The normalized spacial score (nSPS) is 46.2. The second-order valence-corrected chi connectivity index (χ2v) is 14.6. The van der Waals surface area contributed by atoms with Gasteiger partial charge < -0.3 is 19.7 Å². The number of allylic oxidation sites excluding steroid dienone is 2. The van der Waals surface area contributed by atoms with E-state index in [1.54, 1.807) is 0 Å². The summed E-state index contributed by atoms with van der Waals surface area (Å²) >= 11 is 0. The number of rotatable bonds is 5. The standard InChI is InChI=1S/C30H48O5/c1-26(2,32)12-8-13-30(7,33)25-10-9-19-18-15-22(31)21-16-23-24(35-27(3,4)34-23)17-29(21,6)20(18)11-14-28(19,25)5/h15,19-21,23-25,32-33H,8-14,16-17H2,1-7H3/t19?,20?,21?,23-,24+,25?,28?,29?,30+/m1/s1. The smallest absolute Gasteiger partial charge is 0.163 e. The third kappa shape index (κ3) is 4.27. The number of hydrogen-bond acceptors (Lipinski definition) is 5. The second-order valence-electron chi connectivity index (χ2n) is 14.6. The fourth-order valence-corrected chi connectivity index (χ4v) is 9.43. The van der Waals surface area contributed by atoms with Crippen LogP contribution in [0, 0.1) is 34.5 Å². The highest BCUT2D eigenvalue weighted by molar-refractivity contribution is 5.94. The van der Waals surface area contributed by atoms with Crippen LogP contribution in [0.1, 0.15) is 106 Å².